The third-order valence-electron chi connectivity index (χ3n) is 4.36. The smallest absolute Gasteiger partial charge is 0.256 e. The highest BCUT2D eigenvalue weighted by Gasteiger charge is 2.12. The van der Waals surface area contributed by atoms with Gasteiger partial charge in [0.05, 0.1) is 5.56 Å². The van der Waals surface area contributed by atoms with Gasteiger partial charge < -0.3 is 15.0 Å². The van der Waals surface area contributed by atoms with E-state index in [1.807, 2.05) is 42.5 Å². The summed E-state index contributed by atoms with van der Waals surface area (Å²) in [5, 5.41) is 3.53. The fraction of sp³-hybridized carbons (Fsp3) is 0.0435. The molecular weight excluding hydrogens is 352 g/mol. The van der Waals surface area contributed by atoms with Crippen molar-refractivity contribution in [3.8, 4) is 5.75 Å². The lowest BCUT2D eigenvalue weighted by Crippen LogP contribution is -2.16. The molecule has 0 unspecified atom stereocenters. The third kappa shape index (κ3) is 3.94. The molecule has 0 radical (unpaired) electrons. The Kier molecular flexibility index (Phi) is 4.89. The Bertz CT molecular complexity index is 1170. The number of carbonyl (C=O) groups excluding carboxylic acids is 1. The lowest BCUT2D eigenvalue weighted by atomic mass is 10.1. The van der Waals surface area contributed by atoms with Gasteiger partial charge in [0.1, 0.15) is 12.4 Å². The summed E-state index contributed by atoms with van der Waals surface area (Å²) in [6, 6.07) is 25.6. The summed E-state index contributed by atoms with van der Waals surface area (Å²) < 4.78 is 5.75. The highest BCUT2D eigenvalue weighted by molar-refractivity contribution is 6.12. The molecule has 138 valence electrons. The van der Waals surface area contributed by atoms with Gasteiger partial charge in [0.2, 0.25) is 5.56 Å². The largest absolute Gasteiger partial charge is 0.489 e. The molecule has 4 aromatic rings. The van der Waals surface area contributed by atoms with Crippen LogP contribution in [0.1, 0.15) is 15.9 Å². The maximum atomic E-state index is 12.7. The number of fused-ring (bicyclic) bond motifs is 1. The molecule has 0 aliphatic rings. The predicted molar refractivity (Wildman–Crippen MR) is 110 cm³/mol. The number of aromatic amines is 1. The molecule has 1 heterocycles. The molecule has 0 saturated heterocycles. The quantitative estimate of drug-likeness (QED) is 0.548. The average Bonchev–Trinajstić information content (AvgIpc) is 2.73. The predicted octanol–water partition coefficient (Wildman–Crippen LogP) is 4.36. The van der Waals surface area contributed by atoms with E-state index in [0.717, 1.165) is 5.56 Å². The number of aromatic nitrogens is 1. The van der Waals surface area contributed by atoms with Crippen LogP contribution < -0.4 is 15.6 Å². The second-order valence-corrected chi connectivity index (χ2v) is 6.35. The molecule has 2 N–H and O–H groups in total. The minimum atomic E-state index is -0.333. The number of H-pyrrole nitrogens is 1. The zero-order valence-electron chi connectivity index (χ0n) is 15.0. The molecule has 0 fully saturated rings. The number of amides is 1. The molecule has 0 spiro atoms. The molecule has 0 aliphatic carbocycles. The van der Waals surface area contributed by atoms with E-state index in [0.29, 0.717) is 34.5 Å². The summed E-state index contributed by atoms with van der Waals surface area (Å²) in [7, 11) is 0. The number of hydrogen-bond acceptors (Lipinski definition) is 3. The van der Waals surface area contributed by atoms with Crippen molar-refractivity contribution >= 4 is 22.5 Å². The van der Waals surface area contributed by atoms with Crippen molar-refractivity contribution in [1.29, 1.82) is 0 Å². The van der Waals surface area contributed by atoms with Gasteiger partial charge in [-0.15, -0.1) is 0 Å². The molecule has 1 aromatic heterocycles. The van der Waals surface area contributed by atoms with Gasteiger partial charge in [0.25, 0.3) is 5.91 Å². The van der Waals surface area contributed by atoms with Gasteiger partial charge in [0, 0.05) is 22.7 Å². The van der Waals surface area contributed by atoms with Crippen LogP contribution in [0.5, 0.6) is 5.75 Å². The second-order valence-electron chi connectivity index (χ2n) is 6.35. The van der Waals surface area contributed by atoms with Crippen molar-refractivity contribution in [3.05, 3.63) is 106 Å². The summed E-state index contributed by atoms with van der Waals surface area (Å²) in [6.45, 7) is 0.478. The first-order valence-corrected chi connectivity index (χ1v) is 8.89. The van der Waals surface area contributed by atoms with Gasteiger partial charge in [0.15, 0.2) is 0 Å². The van der Waals surface area contributed by atoms with Crippen LogP contribution in [0.15, 0.2) is 89.7 Å². The molecule has 4 rings (SSSR count). The highest BCUT2D eigenvalue weighted by atomic mass is 16.5. The maximum Gasteiger partial charge on any atom is 0.256 e. The zero-order valence-corrected chi connectivity index (χ0v) is 15.0. The first-order chi connectivity index (χ1) is 13.7. The van der Waals surface area contributed by atoms with Crippen LogP contribution in [-0.2, 0) is 6.61 Å². The number of para-hydroxylation sites is 1. The van der Waals surface area contributed by atoms with Crippen LogP contribution in [0.3, 0.4) is 0 Å². The van der Waals surface area contributed by atoms with E-state index < -0.39 is 0 Å². The fourth-order valence-corrected chi connectivity index (χ4v) is 2.97. The van der Waals surface area contributed by atoms with Gasteiger partial charge in [-0.25, -0.2) is 0 Å². The summed E-state index contributed by atoms with van der Waals surface area (Å²) in [5.41, 5.74) is 2.37. The molecule has 0 atom stereocenters. The number of benzene rings is 3. The van der Waals surface area contributed by atoms with Gasteiger partial charge >= 0.3 is 0 Å². The van der Waals surface area contributed by atoms with Gasteiger partial charge in [-0.05, 0) is 35.9 Å². The van der Waals surface area contributed by atoms with Crippen molar-refractivity contribution in [2.24, 2.45) is 0 Å². The van der Waals surface area contributed by atoms with E-state index >= 15 is 0 Å². The lowest BCUT2D eigenvalue weighted by molar-refractivity contribution is 0.102. The van der Waals surface area contributed by atoms with Crippen molar-refractivity contribution in [2.45, 2.75) is 6.61 Å². The number of rotatable bonds is 5. The molecule has 0 bridgehead atoms. The molecule has 5 heteroatoms. The molecule has 3 aromatic carbocycles. The van der Waals surface area contributed by atoms with E-state index in [1.54, 1.807) is 36.4 Å². The zero-order chi connectivity index (χ0) is 19.3. The third-order valence-corrected chi connectivity index (χ3v) is 4.36. The Morgan fingerprint density at radius 2 is 1.61 bits per heavy atom. The van der Waals surface area contributed by atoms with Crippen molar-refractivity contribution in [3.63, 3.8) is 0 Å². The number of carbonyl (C=O) groups is 1. The van der Waals surface area contributed by atoms with E-state index in [9.17, 15) is 9.59 Å². The first kappa shape index (κ1) is 17.5. The van der Waals surface area contributed by atoms with Crippen LogP contribution in [-0.4, -0.2) is 10.9 Å². The molecule has 28 heavy (non-hydrogen) atoms. The normalized spacial score (nSPS) is 10.6. The van der Waals surface area contributed by atoms with Crippen molar-refractivity contribution < 1.29 is 9.53 Å². The van der Waals surface area contributed by atoms with Crippen LogP contribution in [0.2, 0.25) is 0 Å². The van der Waals surface area contributed by atoms with Crippen LogP contribution in [0.4, 0.5) is 5.69 Å². The second kappa shape index (κ2) is 7.80. The standard InChI is InChI=1S/C23H18N2O3/c26-22-14-20(19-8-4-5-9-21(19)25-22)23(27)24-17-10-12-18(13-11-17)28-15-16-6-2-1-3-7-16/h1-14H,15H2,(H,24,27)(H,25,26). The highest BCUT2D eigenvalue weighted by Crippen LogP contribution is 2.20. The van der Waals surface area contributed by atoms with E-state index in [2.05, 4.69) is 10.3 Å². The Labute approximate surface area is 161 Å². The summed E-state index contributed by atoms with van der Waals surface area (Å²) in [6.07, 6.45) is 0. The number of ether oxygens (including phenoxy) is 1. The molecule has 5 nitrogen and oxygen atoms in total. The minimum absolute atomic E-state index is 0.312. The van der Waals surface area contributed by atoms with Gasteiger partial charge in [-0.3, -0.25) is 9.59 Å². The molecule has 0 aliphatic heterocycles. The van der Waals surface area contributed by atoms with Crippen LogP contribution >= 0.6 is 0 Å². The Morgan fingerprint density at radius 3 is 2.39 bits per heavy atom. The number of hydrogen-bond donors (Lipinski definition) is 2. The van der Waals surface area contributed by atoms with E-state index in [-0.39, 0.29) is 11.5 Å². The number of nitrogens with one attached hydrogen (secondary N) is 2. The van der Waals surface area contributed by atoms with E-state index in [4.69, 9.17) is 4.74 Å². The minimum Gasteiger partial charge on any atom is -0.489 e. The monoisotopic (exact) mass is 370 g/mol. The van der Waals surface area contributed by atoms with Crippen molar-refractivity contribution in [1.82, 2.24) is 4.98 Å². The van der Waals surface area contributed by atoms with Gasteiger partial charge in [-0.2, -0.15) is 0 Å². The Balaban J connectivity index is 1.47. The maximum absolute atomic E-state index is 12.7. The molecule has 0 saturated carbocycles. The number of pyridine rings is 1. The first-order valence-electron chi connectivity index (χ1n) is 8.89. The Hall–Kier alpha value is -3.86. The summed E-state index contributed by atoms with van der Waals surface area (Å²) in [4.78, 5) is 27.3. The van der Waals surface area contributed by atoms with E-state index in [1.165, 1.54) is 6.07 Å². The topological polar surface area (TPSA) is 71.2 Å². The summed E-state index contributed by atoms with van der Waals surface area (Å²) >= 11 is 0. The molecule has 1 amide bonds. The average molecular weight is 370 g/mol. The van der Waals surface area contributed by atoms with Crippen LogP contribution in [0, 0.1) is 0 Å². The number of anilines is 1. The summed E-state index contributed by atoms with van der Waals surface area (Å²) in [5.74, 6) is 0.378. The Morgan fingerprint density at radius 1 is 0.893 bits per heavy atom. The van der Waals surface area contributed by atoms with Crippen LogP contribution in [0.25, 0.3) is 10.9 Å². The SMILES string of the molecule is O=C(Nc1ccc(OCc2ccccc2)cc1)c1cc(=O)[nH]c2ccccc12. The van der Waals surface area contributed by atoms with Gasteiger partial charge in [-0.1, -0.05) is 48.5 Å². The molecular formula is C23H18N2O3. The lowest BCUT2D eigenvalue weighted by Gasteiger charge is -2.10. The van der Waals surface area contributed by atoms with Crippen molar-refractivity contribution in [2.75, 3.05) is 5.32 Å². The fourth-order valence-electron chi connectivity index (χ4n) is 2.97.